The number of rotatable bonds is 5. The van der Waals surface area contributed by atoms with E-state index in [1.807, 2.05) is 32.9 Å². The Morgan fingerprint density at radius 1 is 1.33 bits per heavy atom. The van der Waals surface area contributed by atoms with E-state index in [0.29, 0.717) is 17.6 Å². The van der Waals surface area contributed by atoms with E-state index in [4.69, 9.17) is 10.5 Å². The molecule has 0 bridgehead atoms. The van der Waals surface area contributed by atoms with E-state index < -0.39 is 0 Å². The van der Waals surface area contributed by atoms with Crippen LogP contribution in [0, 0.1) is 0 Å². The molecule has 1 aliphatic rings. The third-order valence-electron chi connectivity index (χ3n) is 3.64. The highest BCUT2D eigenvalue weighted by atomic mass is 16.5. The molecule has 1 atom stereocenters. The summed E-state index contributed by atoms with van der Waals surface area (Å²) in [6.45, 7) is 11.5. The lowest BCUT2D eigenvalue weighted by Gasteiger charge is -2.25. The van der Waals surface area contributed by atoms with Crippen LogP contribution in [0.3, 0.4) is 0 Å². The van der Waals surface area contributed by atoms with E-state index in [1.165, 1.54) is 25.9 Å². The highest BCUT2D eigenvalue weighted by Crippen LogP contribution is 2.25. The summed E-state index contributed by atoms with van der Waals surface area (Å²) in [5.74, 6) is 1.32. The summed E-state index contributed by atoms with van der Waals surface area (Å²) in [5.41, 5.74) is 6.20. The molecule has 0 radical (unpaired) electrons. The third kappa shape index (κ3) is 4.77. The number of likely N-dealkylation sites (tertiary alicyclic amines) is 1. The van der Waals surface area contributed by atoms with Gasteiger partial charge >= 0.3 is 0 Å². The number of pyridine rings is 1. The number of nitrogens with one attached hydrogen (secondary N) is 1. The molecular formula is C16H28N4O. The van der Waals surface area contributed by atoms with E-state index in [0.717, 1.165) is 12.4 Å². The second kappa shape index (κ2) is 6.52. The highest BCUT2D eigenvalue weighted by molar-refractivity contribution is 5.53. The summed E-state index contributed by atoms with van der Waals surface area (Å²) in [5, 5.41) is 3.39. The Kier molecular flexibility index (Phi) is 4.93. The van der Waals surface area contributed by atoms with Crippen LogP contribution in [-0.2, 0) is 0 Å². The van der Waals surface area contributed by atoms with Gasteiger partial charge in [-0.25, -0.2) is 0 Å². The fourth-order valence-corrected chi connectivity index (χ4v) is 2.49. The van der Waals surface area contributed by atoms with Crippen molar-refractivity contribution in [2.75, 3.05) is 30.7 Å². The van der Waals surface area contributed by atoms with Gasteiger partial charge in [0.05, 0.1) is 5.69 Å². The van der Waals surface area contributed by atoms with Gasteiger partial charge < -0.3 is 15.8 Å². The summed E-state index contributed by atoms with van der Waals surface area (Å²) >= 11 is 0. The maximum absolute atomic E-state index is 5.93. The lowest BCUT2D eigenvalue weighted by molar-refractivity contribution is 0.125. The van der Waals surface area contributed by atoms with Crippen LogP contribution in [-0.4, -0.2) is 41.2 Å². The largest absolute Gasteiger partial charge is 0.470 e. The summed E-state index contributed by atoms with van der Waals surface area (Å²) in [6, 6.07) is 4.26. The summed E-state index contributed by atoms with van der Waals surface area (Å²) in [6.07, 6.45) is 2.63. The lowest BCUT2D eigenvalue weighted by Crippen LogP contribution is -2.35. The third-order valence-corrected chi connectivity index (χ3v) is 3.64. The van der Waals surface area contributed by atoms with Gasteiger partial charge in [-0.05, 0) is 65.8 Å². The van der Waals surface area contributed by atoms with Crippen LogP contribution >= 0.6 is 0 Å². The first-order chi connectivity index (χ1) is 9.85. The average Bonchev–Trinajstić information content (AvgIpc) is 2.91. The average molecular weight is 292 g/mol. The van der Waals surface area contributed by atoms with E-state index in [2.05, 4.69) is 22.1 Å². The van der Waals surface area contributed by atoms with E-state index >= 15 is 0 Å². The molecule has 0 aliphatic carbocycles. The van der Waals surface area contributed by atoms with Gasteiger partial charge in [0.25, 0.3) is 0 Å². The minimum absolute atomic E-state index is 0.303. The number of nitrogens with zero attached hydrogens (tertiary/aromatic N) is 2. The standard InChI is InChI=1S/C16H28N4O/c1-12(20-9-5-6-10-20)11-18-14-8-7-13(17)15(19-14)21-16(2,3)4/h7-8,12H,5-6,9-11,17H2,1-4H3,(H,18,19). The van der Waals surface area contributed by atoms with Gasteiger partial charge in [0, 0.05) is 12.6 Å². The van der Waals surface area contributed by atoms with Crippen molar-refractivity contribution in [1.29, 1.82) is 0 Å². The molecule has 5 heteroatoms. The lowest BCUT2D eigenvalue weighted by atomic mass is 10.2. The first-order valence-corrected chi connectivity index (χ1v) is 7.78. The number of aromatic nitrogens is 1. The molecule has 5 nitrogen and oxygen atoms in total. The molecule has 1 fully saturated rings. The Morgan fingerprint density at radius 3 is 2.62 bits per heavy atom. The first-order valence-electron chi connectivity index (χ1n) is 7.78. The van der Waals surface area contributed by atoms with Crippen LogP contribution in [0.15, 0.2) is 12.1 Å². The van der Waals surface area contributed by atoms with Gasteiger partial charge in [-0.3, -0.25) is 4.90 Å². The number of ether oxygens (including phenoxy) is 1. The van der Waals surface area contributed by atoms with Crippen molar-refractivity contribution in [3.63, 3.8) is 0 Å². The molecule has 21 heavy (non-hydrogen) atoms. The summed E-state index contributed by atoms with van der Waals surface area (Å²) in [4.78, 5) is 6.99. The minimum atomic E-state index is -0.303. The fourth-order valence-electron chi connectivity index (χ4n) is 2.49. The topological polar surface area (TPSA) is 63.4 Å². The first kappa shape index (κ1) is 15.9. The van der Waals surface area contributed by atoms with Crippen LogP contribution in [0.2, 0.25) is 0 Å². The Labute approximate surface area is 127 Å². The number of hydrogen-bond acceptors (Lipinski definition) is 5. The molecule has 0 spiro atoms. The maximum atomic E-state index is 5.93. The van der Waals surface area contributed by atoms with Crippen molar-refractivity contribution in [3.05, 3.63) is 12.1 Å². The van der Waals surface area contributed by atoms with Crippen molar-refractivity contribution in [3.8, 4) is 5.88 Å². The molecule has 118 valence electrons. The Hall–Kier alpha value is -1.49. The number of nitrogens with two attached hydrogens (primary N) is 1. The summed E-state index contributed by atoms with van der Waals surface area (Å²) < 4.78 is 5.79. The molecule has 3 N–H and O–H groups in total. The molecule has 1 unspecified atom stereocenters. The molecule has 1 aromatic heterocycles. The number of nitrogen functional groups attached to an aromatic ring is 1. The van der Waals surface area contributed by atoms with Crippen LogP contribution in [0.5, 0.6) is 5.88 Å². The molecule has 1 aromatic rings. The normalized spacial score (nSPS) is 17.7. The molecule has 0 amide bonds. The van der Waals surface area contributed by atoms with Crippen molar-refractivity contribution in [2.45, 2.75) is 52.2 Å². The Bertz CT molecular complexity index is 464. The molecule has 1 aliphatic heterocycles. The van der Waals surface area contributed by atoms with Crippen molar-refractivity contribution in [2.24, 2.45) is 0 Å². The molecule has 1 saturated heterocycles. The van der Waals surface area contributed by atoms with E-state index in [1.54, 1.807) is 0 Å². The predicted molar refractivity (Wildman–Crippen MR) is 87.8 cm³/mol. The van der Waals surface area contributed by atoms with Crippen LogP contribution in [0.4, 0.5) is 11.5 Å². The molecule has 0 saturated carbocycles. The van der Waals surface area contributed by atoms with Gasteiger partial charge in [-0.15, -0.1) is 0 Å². The van der Waals surface area contributed by atoms with Gasteiger partial charge in [-0.1, -0.05) is 0 Å². The SMILES string of the molecule is CC(CNc1ccc(N)c(OC(C)(C)C)n1)N1CCCC1. The fraction of sp³-hybridized carbons (Fsp3) is 0.688. The molecule has 2 heterocycles. The van der Waals surface area contributed by atoms with Gasteiger partial charge in [0.2, 0.25) is 5.88 Å². The molecule has 2 rings (SSSR count). The Morgan fingerprint density at radius 2 is 2.00 bits per heavy atom. The summed E-state index contributed by atoms with van der Waals surface area (Å²) in [7, 11) is 0. The smallest absolute Gasteiger partial charge is 0.239 e. The second-order valence-electron chi connectivity index (χ2n) is 6.78. The minimum Gasteiger partial charge on any atom is -0.470 e. The zero-order valence-electron chi connectivity index (χ0n) is 13.6. The zero-order valence-corrected chi connectivity index (χ0v) is 13.6. The van der Waals surface area contributed by atoms with Crippen molar-refractivity contribution < 1.29 is 4.74 Å². The second-order valence-corrected chi connectivity index (χ2v) is 6.78. The Balaban J connectivity index is 1.95. The number of anilines is 2. The molecule has 0 aromatic carbocycles. The monoisotopic (exact) mass is 292 g/mol. The maximum Gasteiger partial charge on any atom is 0.239 e. The van der Waals surface area contributed by atoms with Crippen LogP contribution < -0.4 is 15.8 Å². The van der Waals surface area contributed by atoms with E-state index in [-0.39, 0.29) is 5.60 Å². The van der Waals surface area contributed by atoms with Crippen LogP contribution in [0.1, 0.15) is 40.5 Å². The van der Waals surface area contributed by atoms with E-state index in [9.17, 15) is 0 Å². The van der Waals surface area contributed by atoms with Gasteiger partial charge in [0.1, 0.15) is 11.4 Å². The molecular weight excluding hydrogens is 264 g/mol. The van der Waals surface area contributed by atoms with Crippen LogP contribution in [0.25, 0.3) is 0 Å². The van der Waals surface area contributed by atoms with Gasteiger partial charge in [0.15, 0.2) is 0 Å². The number of hydrogen-bond donors (Lipinski definition) is 2. The van der Waals surface area contributed by atoms with Gasteiger partial charge in [-0.2, -0.15) is 4.98 Å². The predicted octanol–water partition coefficient (Wildman–Crippen LogP) is 2.74. The van der Waals surface area contributed by atoms with Crippen molar-refractivity contribution in [1.82, 2.24) is 9.88 Å². The zero-order chi connectivity index (χ0) is 15.5. The highest BCUT2D eigenvalue weighted by Gasteiger charge is 2.18. The van der Waals surface area contributed by atoms with Crippen molar-refractivity contribution >= 4 is 11.5 Å². The quantitative estimate of drug-likeness (QED) is 0.873.